The molecular weight excluding hydrogens is 245 g/mol. The van der Waals surface area contributed by atoms with E-state index in [2.05, 4.69) is 10.6 Å². The molecule has 0 saturated heterocycles. The molecule has 104 valence electrons. The minimum absolute atomic E-state index is 0.234. The van der Waals surface area contributed by atoms with Crippen molar-refractivity contribution in [2.45, 2.75) is 18.4 Å². The van der Waals surface area contributed by atoms with Crippen LogP contribution < -0.4 is 10.6 Å². The maximum Gasteiger partial charge on any atom is 0.315 e. The van der Waals surface area contributed by atoms with Gasteiger partial charge in [-0.05, 0) is 33.0 Å². The van der Waals surface area contributed by atoms with Gasteiger partial charge in [0, 0.05) is 18.7 Å². The topological polar surface area (TPSA) is 44.4 Å². The van der Waals surface area contributed by atoms with Crippen molar-refractivity contribution in [2.75, 3.05) is 27.2 Å². The highest BCUT2D eigenvalue weighted by Crippen LogP contribution is 2.46. The summed E-state index contributed by atoms with van der Waals surface area (Å²) >= 11 is 0. The van der Waals surface area contributed by atoms with E-state index >= 15 is 0 Å². The van der Waals surface area contributed by atoms with E-state index in [1.165, 1.54) is 6.07 Å². The van der Waals surface area contributed by atoms with Crippen molar-refractivity contribution < 1.29 is 9.18 Å². The van der Waals surface area contributed by atoms with Gasteiger partial charge in [0.05, 0.1) is 5.54 Å². The molecular formula is C14H20FN3O. The Kier molecular flexibility index (Phi) is 4.04. The number of nitrogens with one attached hydrogen (secondary N) is 2. The average molecular weight is 265 g/mol. The minimum atomic E-state index is -0.506. The summed E-state index contributed by atoms with van der Waals surface area (Å²) < 4.78 is 13.8. The number of nitrogens with zero attached hydrogens (tertiary/aromatic N) is 1. The molecule has 19 heavy (non-hydrogen) atoms. The molecule has 0 radical (unpaired) electrons. The lowest BCUT2D eigenvalue weighted by Gasteiger charge is -2.19. The Morgan fingerprint density at radius 1 is 1.37 bits per heavy atom. The van der Waals surface area contributed by atoms with Crippen LogP contribution in [0.5, 0.6) is 0 Å². The number of carbonyl (C=O) groups excluding carboxylic acids is 1. The number of rotatable bonds is 5. The molecule has 0 aromatic heterocycles. The van der Waals surface area contributed by atoms with Crippen LogP contribution in [0.15, 0.2) is 24.3 Å². The first-order chi connectivity index (χ1) is 9.03. The van der Waals surface area contributed by atoms with Gasteiger partial charge in [0.25, 0.3) is 0 Å². The molecule has 2 rings (SSSR count). The van der Waals surface area contributed by atoms with E-state index in [9.17, 15) is 9.18 Å². The Bertz CT molecular complexity index is 458. The van der Waals surface area contributed by atoms with Crippen molar-refractivity contribution in [2.24, 2.45) is 0 Å². The Labute approximate surface area is 113 Å². The Hall–Kier alpha value is -1.62. The molecule has 2 amide bonds. The fourth-order valence-electron chi connectivity index (χ4n) is 2.09. The number of likely N-dealkylation sites (N-methyl/N-ethyl adjacent to an activating group) is 1. The molecule has 5 heteroatoms. The van der Waals surface area contributed by atoms with Gasteiger partial charge in [0.2, 0.25) is 0 Å². The van der Waals surface area contributed by atoms with E-state index in [0.29, 0.717) is 12.1 Å². The second-order valence-electron chi connectivity index (χ2n) is 5.25. The summed E-state index contributed by atoms with van der Waals surface area (Å²) in [6.07, 6.45) is 1.57. The zero-order valence-electron chi connectivity index (χ0n) is 11.4. The minimum Gasteiger partial charge on any atom is -0.337 e. The quantitative estimate of drug-likeness (QED) is 0.850. The number of benzene rings is 1. The zero-order chi connectivity index (χ0) is 13.9. The molecule has 4 nitrogen and oxygen atoms in total. The van der Waals surface area contributed by atoms with Gasteiger partial charge in [-0.2, -0.15) is 0 Å². The molecule has 0 spiro atoms. The van der Waals surface area contributed by atoms with Crippen LogP contribution in [-0.2, 0) is 5.54 Å². The lowest BCUT2D eigenvalue weighted by molar-refractivity contribution is 0.234. The molecule has 1 aliphatic carbocycles. The molecule has 0 bridgehead atoms. The second kappa shape index (κ2) is 5.57. The molecule has 1 aromatic carbocycles. The number of halogens is 1. The highest BCUT2D eigenvalue weighted by molar-refractivity contribution is 5.75. The molecule has 1 aromatic rings. The SMILES string of the molecule is CN(C)CCNC(=O)NC1(c2ccccc2F)CC1. The fraction of sp³-hybridized carbons (Fsp3) is 0.500. The summed E-state index contributed by atoms with van der Waals surface area (Å²) in [7, 11) is 3.89. The Morgan fingerprint density at radius 2 is 2.05 bits per heavy atom. The van der Waals surface area contributed by atoms with Crippen molar-refractivity contribution in [1.82, 2.24) is 15.5 Å². The lowest BCUT2D eigenvalue weighted by Crippen LogP contribution is -2.44. The number of carbonyl (C=O) groups is 1. The summed E-state index contributed by atoms with van der Waals surface area (Å²) in [4.78, 5) is 13.8. The maximum atomic E-state index is 13.8. The van der Waals surface area contributed by atoms with E-state index in [-0.39, 0.29) is 11.8 Å². The summed E-state index contributed by atoms with van der Waals surface area (Å²) in [5.74, 6) is -0.256. The van der Waals surface area contributed by atoms with Crippen molar-refractivity contribution in [3.8, 4) is 0 Å². The highest BCUT2D eigenvalue weighted by Gasteiger charge is 2.47. The lowest BCUT2D eigenvalue weighted by atomic mass is 10.0. The van der Waals surface area contributed by atoms with Crippen molar-refractivity contribution in [3.63, 3.8) is 0 Å². The van der Waals surface area contributed by atoms with E-state index in [1.807, 2.05) is 19.0 Å². The van der Waals surface area contributed by atoms with E-state index in [0.717, 1.165) is 19.4 Å². The Morgan fingerprint density at radius 3 is 2.63 bits per heavy atom. The number of amides is 2. The second-order valence-corrected chi connectivity index (χ2v) is 5.25. The van der Waals surface area contributed by atoms with Crippen LogP contribution in [0.25, 0.3) is 0 Å². The van der Waals surface area contributed by atoms with E-state index in [1.54, 1.807) is 18.2 Å². The van der Waals surface area contributed by atoms with E-state index in [4.69, 9.17) is 0 Å². The molecule has 0 heterocycles. The van der Waals surface area contributed by atoms with Crippen molar-refractivity contribution in [3.05, 3.63) is 35.6 Å². The number of hydrogen-bond donors (Lipinski definition) is 2. The smallest absolute Gasteiger partial charge is 0.315 e. The predicted octanol–water partition coefficient (Wildman–Crippen LogP) is 1.68. The maximum absolute atomic E-state index is 13.8. The van der Waals surface area contributed by atoms with Crippen LogP contribution in [0.2, 0.25) is 0 Å². The standard InChI is InChI=1S/C14H20FN3O/c1-18(2)10-9-16-13(19)17-14(7-8-14)11-5-3-4-6-12(11)15/h3-6H,7-10H2,1-2H3,(H2,16,17,19). The zero-order valence-corrected chi connectivity index (χ0v) is 11.4. The summed E-state index contributed by atoms with van der Waals surface area (Å²) in [6, 6.07) is 6.39. The predicted molar refractivity (Wildman–Crippen MR) is 72.4 cm³/mol. The molecule has 0 aliphatic heterocycles. The Balaban J connectivity index is 1.92. The van der Waals surface area contributed by atoms with Gasteiger partial charge in [0.1, 0.15) is 5.82 Å². The van der Waals surface area contributed by atoms with Crippen molar-refractivity contribution >= 4 is 6.03 Å². The van der Waals surface area contributed by atoms with Crippen LogP contribution in [0.3, 0.4) is 0 Å². The van der Waals surface area contributed by atoms with Gasteiger partial charge in [-0.1, -0.05) is 18.2 Å². The third kappa shape index (κ3) is 3.44. The molecule has 1 aliphatic rings. The molecule has 0 atom stereocenters. The summed E-state index contributed by atoms with van der Waals surface area (Å²) in [5, 5.41) is 5.67. The average Bonchev–Trinajstić information content (AvgIpc) is 3.09. The van der Waals surface area contributed by atoms with Crippen LogP contribution in [0, 0.1) is 5.82 Å². The normalized spacial score (nSPS) is 16.2. The monoisotopic (exact) mass is 265 g/mol. The molecule has 0 unspecified atom stereocenters. The fourth-order valence-corrected chi connectivity index (χ4v) is 2.09. The van der Waals surface area contributed by atoms with Gasteiger partial charge in [-0.3, -0.25) is 0 Å². The number of hydrogen-bond acceptors (Lipinski definition) is 2. The van der Waals surface area contributed by atoms with Crippen LogP contribution in [0.4, 0.5) is 9.18 Å². The van der Waals surface area contributed by atoms with E-state index < -0.39 is 5.54 Å². The van der Waals surface area contributed by atoms with Gasteiger partial charge >= 0.3 is 6.03 Å². The highest BCUT2D eigenvalue weighted by atomic mass is 19.1. The third-order valence-corrected chi connectivity index (χ3v) is 3.34. The van der Waals surface area contributed by atoms with Gasteiger partial charge < -0.3 is 15.5 Å². The van der Waals surface area contributed by atoms with Gasteiger partial charge in [-0.15, -0.1) is 0 Å². The molecule has 2 N–H and O–H groups in total. The number of urea groups is 1. The first-order valence-corrected chi connectivity index (χ1v) is 6.49. The molecule has 1 saturated carbocycles. The first kappa shape index (κ1) is 13.8. The molecule has 1 fully saturated rings. The van der Waals surface area contributed by atoms with Crippen LogP contribution in [0.1, 0.15) is 18.4 Å². The summed E-state index contributed by atoms with van der Waals surface area (Å²) in [5.41, 5.74) is 0.0749. The third-order valence-electron chi connectivity index (χ3n) is 3.34. The van der Waals surface area contributed by atoms with Crippen molar-refractivity contribution in [1.29, 1.82) is 0 Å². The van der Waals surface area contributed by atoms with Crippen LogP contribution >= 0.6 is 0 Å². The summed E-state index contributed by atoms with van der Waals surface area (Å²) in [6.45, 7) is 1.35. The van der Waals surface area contributed by atoms with Gasteiger partial charge in [0.15, 0.2) is 0 Å². The largest absolute Gasteiger partial charge is 0.337 e. The van der Waals surface area contributed by atoms with Crippen LogP contribution in [-0.4, -0.2) is 38.1 Å². The van der Waals surface area contributed by atoms with Gasteiger partial charge in [-0.25, -0.2) is 9.18 Å². The first-order valence-electron chi connectivity index (χ1n) is 6.49.